The van der Waals surface area contributed by atoms with Gasteiger partial charge in [-0.3, -0.25) is 9.78 Å². The number of carbonyl (C=O) groups excluding carboxylic acids is 1. The van der Waals surface area contributed by atoms with E-state index >= 15 is 0 Å². The summed E-state index contributed by atoms with van der Waals surface area (Å²) >= 11 is 0. The summed E-state index contributed by atoms with van der Waals surface area (Å²) in [5.74, 6) is 0.0688. The molecule has 8 nitrogen and oxygen atoms in total. The van der Waals surface area contributed by atoms with Crippen LogP contribution < -0.4 is 0 Å². The van der Waals surface area contributed by atoms with Crippen LogP contribution in [0.25, 0.3) is 5.65 Å². The number of aryl methyl sites for hydroxylation is 1. The van der Waals surface area contributed by atoms with Gasteiger partial charge in [-0.05, 0) is 25.5 Å². The van der Waals surface area contributed by atoms with Crippen LogP contribution in [0.3, 0.4) is 0 Å². The molecule has 3 aromatic heterocycles. The Morgan fingerprint density at radius 2 is 2.19 bits per heavy atom. The van der Waals surface area contributed by atoms with E-state index in [2.05, 4.69) is 20.1 Å². The van der Waals surface area contributed by atoms with E-state index in [1.807, 2.05) is 25.3 Å². The highest BCUT2D eigenvalue weighted by Crippen LogP contribution is 2.15. The number of ether oxygens (including phenoxy) is 1. The van der Waals surface area contributed by atoms with Crippen molar-refractivity contribution in [1.29, 1.82) is 0 Å². The molecule has 1 aliphatic rings. The molecule has 8 heteroatoms. The molecule has 26 heavy (non-hydrogen) atoms. The second kappa shape index (κ2) is 7.17. The van der Waals surface area contributed by atoms with Gasteiger partial charge >= 0.3 is 0 Å². The molecular weight excluding hydrogens is 332 g/mol. The Morgan fingerprint density at radius 1 is 1.27 bits per heavy atom. The highest BCUT2D eigenvalue weighted by Gasteiger charge is 2.25. The first kappa shape index (κ1) is 16.6. The number of carbonyl (C=O) groups is 1. The van der Waals surface area contributed by atoms with E-state index in [0.717, 1.165) is 23.5 Å². The van der Waals surface area contributed by atoms with Gasteiger partial charge in [0.15, 0.2) is 5.65 Å². The molecule has 134 valence electrons. The average Bonchev–Trinajstić information content (AvgIpc) is 2.99. The Morgan fingerprint density at radius 3 is 3.04 bits per heavy atom. The Balaban J connectivity index is 1.48. The van der Waals surface area contributed by atoms with Gasteiger partial charge in [0.25, 0.3) is 5.91 Å². The quantitative estimate of drug-likeness (QED) is 0.703. The van der Waals surface area contributed by atoms with Crippen LogP contribution in [0.2, 0.25) is 0 Å². The van der Waals surface area contributed by atoms with Crippen LogP contribution in [0.5, 0.6) is 0 Å². The number of rotatable bonds is 3. The van der Waals surface area contributed by atoms with E-state index in [-0.39, 0.29) is 11.8 Å². The van der Waals surface area contributed by atoms with Gasteiger partial charge in [-0.2, -0.15) is 5.10 Å². The van der Waals surface area contributed by atoms with Crippen LogP contribution in [-0.4, -0.2) is 61.7 Å². The minimum atomic E-state index is -0.106. The molecular formula is C18H20N6O2. The van der Waals surface area contributed by atoms with E-state index in [1.165, 1.54) is 6.20 Å². The lowest BCUT2D eigenvalue weighted by Gasteiger charge is -2.23. The molecule has 0 aromatic carbocycles. The molecule has 3 aromatic rings. The van der Waals surface area contributed by atoms with Crippen LogP contribution in [0.1, 0.15) is 21.9 Å². The maximum Gasteiger partial charge on any atom is 0.274 e. The molecule has 1 amide bonds. The summed E-state index contributed by atoms with van der Waals surface area (Å²) in [7, 11) is 0. The van der Waals surface area contributed by atoms with Crippen LogP contribution in [0.15, 0.2) is 36.9 Å². The van der Waals surface area contributed by atoms with E-state index in [0.29, 0.717) is 32.0 Å². The molecule has 1 saturated heterocycles. The van der Waals surface area contributed by atoms with E-state index in [4.69, 9.17) is 4.74 Å². The molecule has 4 heterocycles. The Kier molecular flexibility index (Phi) is 4.57. The standard InChI is InChI=1S/C18H20N6O2/c1-13-9-21-16(10-20-13)18(25)23-6-7-26-12-14(11-23)8-15-2-3-17-19-4-5-24(17)22-15/h2-5,9-10,14H,6-8,11-12H2,1H3. The molecule has 0 aliphatic carbocycles. The minimum Gasteiger partial charge on any atom is -0.379 e. The van der Waals surface area contributed by atoms with Gasteiger partial charge < -0.3 is 9.64 Å². The lowest BCUT2D eigenvalue weighted by atomic mass is 10.0. The van der Waals surface area contributed by atoms with Crippen molar-refractivity contribution in [2.24, 2.45) is 5.92 Å². The monoisotopic (exact) mass is 352 g/mol. The van der Waals surface area contributed by atoms with Gasteiger partial charge in [-0.15, -0.1) is 0 Å². The predicted octanol–water partition coefficient (Wildman–Crippen LogP) is 1.16. The van der Waals surface area contributed by atoms with Crippen molar-refractivity contribution in [3.63, 3.8) is 0 Å². The SMILES string of the molecule is Cc1cnc(C(=O)N2CCOCC(Cc3ccc4nccn4n3)C2)cn1. The van der Waals surface area contributed by atoms with E-state index < -0.39 is 0 Å². The summed E-state index contributed by atoms with van der Waals surface area (Å²) in [6.45, 7) is 4.14. The first-order valence-corrected chi connectivity index (χ1v) is 8.64. The zero-order valence-electron chi connectivity index (χ0n) is 14.6. The molecule has 0 bridgehead atoms. The summed E-state index contributed by atoms with van der Waals surface area (Å²) in [4.78, 5) is 27.1. The number of aromatic nitrogens is 5. The molecule has 1 aliphatic heterocycles. The Labute approximate surface area is 150 Å². The van der Waals surface area contributed by atoms with E-state index in [9.17, 15) is 4.79 Å². The Bertz CT molecular complexity index is 907. The average molecular weight is 352 g/mol. The molecule has 1 unspecified atom stereocenters. The normalized spacial score (nSPS) is 18.0. The first-order chi connectivity index (χ1) is 12.7. The second-order valence-electron chi connectivity index (χ2n) is 6.49. The second-order valence-corrected chi connectivity index (χ2v) is 6.49. The number of imidazole rings is 1. The summed E-state index contributed by atoms with van der Waals surface area (Å²) in [5.41, 5.74) is 2.93. The number of fused-ring (bicyclic) bond motifs is 1. The van der Waals surface area contributed by atoms with Crippen molar-refractivity contribution in [3.8, 4) is 0 Å². The van der Waals surface area contributed by atoms with Gasteiger partial charge in [-0.1, -0.05) is 0 Å². The summed E-state index contributed by atoms with van der Waals surface area (Å²) < 4.78 is 7.47. The van der Waals surface area contributed by atoms with Crippen molar-refractivity contribution in [1.82, 2.24) is 29.5 Å². The fraction of sp³-hybridized carbons (Fsp3) is 0.389. The lowest BCUT2D eigenvalue weighted by Crippen LogP contribution is -2.37. The van der Waals surface area contributed by atoms with Crippen molar-refractivity contribution in [2.45, 2.75) is 13.3 Å². The van der Waals surface area contributed by atoms with Crippen molar-refractivity contribution in [3.05, 3.63) is 54.0 Å². The molecule has 1 atom stereocenters. The molecule has 0 spiro atoms. The Hall–Kier alpha value is -2.87. The molecule has 0 N–H and O–H groups in total. The van der Waals surface area contributed by atoms with Crippen LogP contribution >= 0.6 is 0 Å². The number of hydrogen-bond acceptors (Lipinski definition) is 6. The first-order valence-electron chi connectivity index (χ1n) is 8.64. The third-order valence-electron chi connectivity index (χ3n) is 4.43. The summed E-state index contributed by atoms with van der Waals surface area (Å²) in [6, 6.07) is 3.93. The zero-order valence-corrected chi connectivity index (χ0v) is 14.6. The molecule has 1 fully saturated rings. The van der Waals surface area contributed by atoms with Gasteiger partial charge in [0.1, 0.15) is 5.69 Å². The highest BCUT2D eigenvalue weighted by molar-refractivity contribution is 5.92. The van der Waals surface area contributed by atoms with E-state index in [1.54, 1.807) is 21.8 Å². The molecule has 0 radical (unpaired) electrons. The maximum absolute atomic E-state index is 12.7. The van der Waals surface area contributed by atoms with Gasteiger partial charge in [0.05, 0.1) is 30.8 Å². The number of hydrogen-bond donors (Lipinski definition) is 0. The third-order valence-corrected chi connectivity index (χ3v) is 4.43. The number of amides is 1. The largest absolute Gasteiger partial charge is 0.379 e. The van der Waals surface area contributed by atoms with Crippen molar-refractivity contribution >= 4 is 11.6 Å². The predicted molar refractivity (Wildman–Crippen MR) is 93.7 cm³/mol. The van der Waals surface area contributed by atoms with Crippen molar-refractivity contribution in [2.75, 3.05) is 26.3 Å². The van der Waals surface area contributed by atoms with Crippen LogP contribution in [-0.2, 0) is 11.2 Å². The van der Waals surface area contributed by atoms with Crippen LogP contribution in [0.4, 0.5) is 0 Å². The highest BCUT2D eigenvalue weighted by atomic mass is 16.5. The topological polar surface area (TPSA) is 85.5 Å². The lowest BCUT2D eigenvalue weighted by molar-refractivity contribution is 0.0731. The summed E-state index contributed by atoms with van der Waals surface area (Å²) in [5, 5.41) is 4.57. The van der Waals surface area contributed by atoms with Crippen molar-refractivity contribution < 1.29 is 9.53 Å². The summed E-state index contributed by atoms with van der Waals surface area (Å²) in [6.07, 6.45) is 7.44. The minimum absolute atomic E-state index is 0.106. The fourth-order valence-corrected chi connectivity index (χ4v) is 3.11. The third kappa shape index (κ3) is 3.55. The molecule has 4 rings (SSSR count). The fourth-order valence-electron chi connectivity index (χ4n) is 3.11. The zero-order chi connectivity index (χ0) is 17.9. The van der Waals surface area contributed by atoms with Gasteiger partial charge in [0.2, 0.25) is 0 Å². The number of nitrogens with zero attached hydrogens (tertiary/aromatic N) is 6. The maximum atomic E-state index is 12.7. The van der Waals surface area contributed by atoms with Gasteiger partial charge in [-0.25, -0.2) is 14.5 Å². The van der Waals surface area contributed by atoms with Gasteiger partial charge in [0, 0.05) is 37.6 Å². The van der Waals surface area contributed by atoms with Crippen LogP contribution in [0, 0.1) is 12.8 Å². The molecule has 0 saturated carbocycles. The smallest absolute Gasteiger partial charge is 0.274 e.